The first-order valence-corrected chi connectivity index (χ1v) is 8.11. The van der Waals surface area contributed by atoms with Crippen LogP contribution in [0.2, 0.25) is 0 Å². The van der Waals surface area contributed by atoms with E-state index >= 15 is 0 Å². The van der Waals surface area contributed by atoms with Gasteiger partial charge in [0.1, 0.15) is 11.9 Å². The van der Waals surface area contributed by atoms with Crippen LogP contribution in [0.5, 0.6) is 5.75 Å². The van der Waals surface area contributed by atoms with Crippen LogP contribution in [-0.2, 0) is 0 Å². The predicted molar refractivity (Wildman–Crippen MR) is 76.3 cm³/mol. The van der Waals surface area contributed by atoms with Crippen LogP contribution in [0.15, 0.2) is 29.2 Å². The number of nitrogens with one attached hydrogen (secondary N) is 1. The molecule has 1 aliphatic heterocycles. The Morgan fingerprint density at radius 3 is 2.72 bits per heavy atom. The molecule has 0 amide bonds. The molecule has 0 bridgehead atoms. The van der Waals surface area contributed by atoms with Crippen molar-refractivity contribution in [2.24, 2.45) is 11.8 Å². The Morgan fingerprint density at radius 1 is 1.22 bits per heavy atom. The second-order valence-corrected chi connectivity index (χ2v) is 6.17. The van der Waals surface area contributed by atoms with Crippen molar-refractivity contribution in [2.45, 2.75) is 30.3 Å². The van der Waals surface area contributed by atoms with Gasteiger partial charge in [0.2, 0.25) is 0 Å². The maximum Gasteiger partial charge on any atom is 0.133 e. The summed E-state index contributed by atoms with van der Waals surface area (Å²) in [7, 11) is 0. The molecule has 18 heavy (non-hydrogen) atoms. The molecule has 1 N–H and O–H groups in total. The van der Waals surface area contributed by atoms with Gasteiger partial charge in [-0.05, 0) is 50.1 Å². The van der Waals surface area contributed by atoms with Crippen molar-refractivity contribution in [3.63, 3.8) is 0 Å². The number of thioether (sulfide) groups is 1. The molecular weight excluding hydrogens is 242 g/mol. The topological polar surface area (TPSA) is 21.3 Å². The number of rotatable bonds is 5. The van der Waals surface area contributed by atoms with Gasteiger partial charge < -0.3 is 10.1 Å². The summed E-state index contributed by atoms with van der Waals surface area (Å²) in [5, 5.41) is 3.46. The normalized spacial score (nSPS) is 25.1. The molecule has 1 saturated carbocycles. The molecular formula is C15H21NOS. The summed E-state index contributed by atoms with van der Waals surface area (Å²) in [6, 6.07) is 8.42. The summed E-state index contributed by atoms with van der Waals surface area (Å²) in [6.45, 7) is 2.28. The Morgan fingerprint density at radius 2 is 2.06 bits per heavy atom. The van der Waals surface area contributed by atoms with Gasteiger partial charge in [-0.1, -0.05) is 12.1 Å². The highest BCUT2D eigenvalue weighted by molar-refractivity contribution is 7.98. The van der Waals surface area contributed by atoms with E-state index in [1.54, 1.807) is 11.8 Å². The molecule has 0 spiro atoms. The van der Waals surface area contributed by atoms with Crippen molar-refractivity contribution in [3.05, 3.63) is 24.3 Å². The zero-order valence-electron chi connectivity index (χ0n) is 10.9. The number of hydrogen-bond acceptors (Lipinski definition) is 3. The lowest BCUT2D eigenvalue weighted by Gasteiger charge is -2.25. The maximum atomic E-state index is 6.38. The molecule has 1 aliphatic carbocycles. The van der Waals surface area contributed by atoms with E-state index in [-0.39, 0.29) is 0 Å². The fourth-order valence-corrected chi connectivity index (χ4v) is 3.35. The van der Waals surface area contributed by atoms with Crippen molar-refractivity contribution >= 4 is 11.8 Å². The van der Waals surface area contributed by atoms with Crippen LogP contribution >= 0.6 is 11.8 Å². The van der Waals surface area contributed by atoms with Crippen LogP contribution in [0.1, 0.15) is 19.3 Å². The first-order chi connectivity index (χ1) is 8.88. The van der Waals surface area contributed by atoms with E-state index in [0.29, 0.717) is 12.0 Å². The van der Waals surface area contributed by atoms with Gasteiger partial charge in [-0.15, -0.1) is 11.8 Å². The summed E-state index contributed by atoms with van der Waals surface area (Å²) in [6.07, 6.45) is 6.51. The third kappa shape index (κ3) is 2.67. The first kappa shape index (κ1) is 12.4. The zero-order valence-corrected chi connectivity index (χ0v) is 11.7. The molecule has 3 heteroatoms. The van der Waals surface area contributed by atoms with E-state index < -0.39 is 0 Å². The minimum Gasteiger partial charge on any atom is -0.489 e. The SMILES string of the molecule is CSc1ccccc1O[C@@H](C1CC1)[C@H]1CCNC1. The predicted octanol–water partition coefficient (Wildman–Crippen LogP) is 3.18. The van der Waals surface area contributed by atoms with Gasteiger partial charge in [0.05, 0.1) is 0 Å². The minimum absolute atomic E-state index is 0.424. The van der Waals surface area contributed by atoms with Gasteiger partial charge in [0.15, 0.2) is 0 Å². The Balaban J connectivity index is 1.75. The molecule has 0 unspecified atom stereocenters. The third-order valence-corrected chi connectivity index (χ3v) is 4.76. The average Bonchev–Trinajstić information content (AvgIpc) is 3.11. The Labute approximate surface area is 113 Å². The molecule has 1 aromatic rings. The van der Waals surface area contributed by atoms with E-state index in [1.165, 1.54) is 24.2 Å². The molecule has 0 aromatic heterocycles. The third-order valence-electron chi connectivity index (χ3n) is 3.98. The highest BCUT2D eigenvalue weighted by atomic mass is 32.2. The van der Waals surface area contributed by atoms with Crippen molar-refractivity contribution < 1.29 is 4.74 Å². The number of para-hydroxylation sites is 1. The summed E-state index contributed by atoms with van der Waals surface area (Å²) in [5.41, 5.74) is 0. The van der Waals surface area contributed by atoms with Crippen LogP contribution in [-0.4, -0.2) is 25.4 Å². The molecule has 1 heterocycles. The molecule has 1 saturated heterocycles. The largest absolute Gasteiger partial charge is 0.489 e. The van der Waals surface area contributed by atoms with Crippen LogP contribution < -0.4 is 10.1 Å². The van der Waals surface area contributed by atoms with Gasteiger partial charge in [-0.3, -0.25) is 0 Å². The Kier molecular flexibility index (Phi) is 3.80. The molecule has 2 fully saturated rings. The molecule has 2 nitrogen and oxygen atoms in total. The van der Waals surface area contributed by atoms with E-state index in [9.17, 15) is 0 Å². The van der Waals surface area contributed by atoms with E-state index in [0.717, 1.165) is 24.8 Å². The minimum atomic E-state index is 0.424. The molecule has 1 aromatic carbocycles. The van der Waals surface area contributed by atoms with Crippen molar-refractivity contribution in [1.82, 2.24) is 5.32 Å². The van der Waals surface area contributed by atoms with Gasteiger partial charge in [0, 0.05) is 17.4 Å². The summed E-state index contributed by atoms with van der Waals surface area (Å²) in [4.78, 5) is 1.26. The standard InChI is InChI=1S/C15H21NOS/c1-18-14-5-3-2-4-13(14)17-15(11-6-7-11)12-8-9-16-10-12/h2-5,11-12,15-16H,6-10H2,1H3/t12-,15-/m0/s1. The molecule has 2 atom stereocenters. The van der Waals surface area contributed by atoms with Crippen LogP contribution in [0.4, 0.5) is 0 Å². The van der Waals surface area contributed by atoms with Gasteiger partial charge in [-0.2, -0.15) is 0 Å². The summed E-state index contributed by atoms with van der Waals surface area (Å²) >= 11 is 1.77. The monoisotopic (exact) mass is 263 g/mol. The lowest BCUT2D eigenvalue weighted by Crippen LogP contribution is -2.31. The number of benzene rings is 1. The van der Waals surface area contributed by atoms with Crippen molar-refractivity contribution in [1.29, 1.82) is 0 Å². The molecule has 0 radical (unpaired) electrons. The van der Waals surface area contributed by atoms with E-state index in [1.807, 2.05) is 0 Å². The first-order valence-electron chi connectivity index (χ1n) is 6.89. The Bertz CT molecular complexity index is 399. The average molecular weight is 263 g/mol. The highest BCUT2D eigenvalue weighted by Crippen LogP contribution is 2.41. The number of ether oxygens (including phenoxy) is 1. The van der Waals surface area contributed by atoms with Crippen LogP contribution in [0, 0.1) is 11.8 Å². The van der Waals surface area contributed by atoms with E-state index in [2.05, 4.69) is 35.8 Å². The molecule has 98 valence electrons. The quantitative estimate of drug-likeness (QED) is 0.824. The smallest absolute Gasteiger partial charge is 0.133 e. The lowest BCUT2D eigenvalue weighted by molar-refractivity contribution is 0.117. The fourth-order valence-electron chi connectivity index (χ4n) is 2.82. The summed E-state index contributed by atoms with van der Waals surface area (Å²) in [5.74, 6) is 2.58. The number of hydrogen-bond donors (Lipinski definition) is 1. The van der Waals surface area contributed by atoms with Crippen molar-refractivity contribution in [2.75, 3.05) is 19.3 Å². The second kappa shape index (κ2) is 5.54. The van der Waals surface area contributed by atoms with Crippen molar-refractivity contribution in [3.8, 4) is 5.75 Å². The van der Waals surface area contributed by atoms with Gasteiger partial charge in [0.25, 0.3) is 0 Å². The van der Waals surface area contributed by atoms with Crippen LogP contribution in [0.3, 0.4) is 0 Å². The van der Waals surface area contributed by atoms with Crippen LogP contribution in [0.25, 0.3) is 0 Å². The maximum absolute atomic E-state index is 6.38. The van der Waals surface area contributed by atoms with Gasteiger partial charge in [-0.25, -0.2) is 0 Å². The highest BCUT2D eigenvalue weighted by Gasteiger charge is 2.39. The van der Waals surface area contributed by atoms with Gasteiger partial charge >= 0.3 is 0 Å². The zero-order chi connectivity index (χ0) is 12.4. The summed E-state index contributed by atoms with van der Waals surface area (Å²) < 4.78 is 6.38. The second-order valence-electron chi connectivity index (χ2n) is 5.32. The molecule has 2 aliphatic rings. The molecule has 3 rings (SSSR count). The van der Waals surface area contributed by atoms with E-state index in [4.69, 9.17) is 4.74 Å². The fraction of sp³-hybridized carbons (Fsp3) is 0.600. The lowest BCUT2D eigenvalue weighted by atomic mass is 9.97. The Hall–Kier alpha value is -0.670.